The van der Waals surface area contributed by atoms with E-state index in [2.05, 4.69) is 15.5 Å². The Morgan fingerprint density at radius 2 is 1.71 bits per heavy atom. The summed E-state index contributed by atoms with van der Waals surface area (Å²) in [5.74, 6) is 1.07. The van der Waals surface area contributed by atoms with E-state index in [1.54, 1.807) is 0 Å². The third-order valence-electron chi connectivity index (χ3n) is 3.03. The van der Waals surface area contributed by atoms with Gasteiger partial charge in [-0.25, -0.2) is 0 Å². The molecular weight excluding hydrogens is 266 g/mol. The van der Waals surface area contributed by atoms with Gasteiger partial charge in [0, 0.05) is 23.4 Å². The lowest BCUT2D eigenvalue weighted by atomic mass is 10.2. The van der Waals surface area contributed by atoms with Crippen LogP contribution in [0, 0.1) is 0 Å². The molecular formula is C16H15N3O2. The van der Waals surface area contributed by atoms with Crippen molar-refractivity contribution in [1.29, 1.82) is 0 Å². The molecule has 0 amide bonds. The molecule has 0 fully saturated rings. The van der Waals surface area contributed by atoms with E-state index in [4.69, 9.17) is 9.63 Å². The van der Waals surface area contributed by atoms with Gasteiger partial charge in [0.1, 0.15) is 0 Å². The lowest BCUT2D eigenvalue weighted by Crippen LogP contribution is -2.04. The summed E-state index contributed by atoms with van der Waals surface area (Å²) in [6, 6.07) is 17.3. The molecule has 0 atom stereocenters. The number of benzene rings is 2. The molecule has 2 N–H and O–H groups in total. The fraction of sp³-hybridized carbons (Fsp3) is 0.125. The maximum absolute atomic E-state index is 8.78. The third kappa shape index (κ3) is 3.09. The number of rotatable bonds is 5. The van der Waals surface area contributed by atoms with Crippen LogP contribution in [0.3, 0.4) is 0 Å². The van der Waals surface area contributed by atoms with Crippen LogP contribution < -0.4 is 5.32 Å². The van der Waals surface area contributed by atoms with Crippen LogP contribution in [0.2, 0.25) is 0 Å². The van der Waals surface area contributed by atoms with E-state index in [9.17, 15) is 0 Å². The molecule has 0 unspecified atom stereocenters. The van der Waals surface area contributed by atoms with Gasteiger partial charge in [0.05, 0.1) is 6.61 Å². The molecule has 0 bridgehead atoms. The number of anilines is 1. The number of nitrogens with one attached hydrogen (secondary N) is 1. The Bertz CT molecular complexity index is 693. The van der Waals surface area contributed by atoms with Crippen molar-refractivity contribution in [3.05, 3.63) is 54.6 Å². The topological polar surface area (TPSA) is 71.2 Å². The van der Waals surface area contributed by atoms with Crippen LogP contribution in [0.1, 0.15) is 0 Å². The lowest BCUT2D eigenvalue weighted by molar-refractivity contribution is 0.311. The van der Waals surface area contributed by atoms with Gasteiger partial charge in [-0.3, -0.25) is 0 Å². The van der Waals surface area contributed by atoms with E-state index >= 15 is 0 Å². The predicted molar refractivity (Wildman–Crippen MR) is 80.7 cm³/mol. The van der Waals surface area contributed by atoms with Crippen LogP contribution in [0.5, 0.6) is 0 Å². The first-order valence-electron chi connectivity index (χ1n) is 6.71. The zero-order chi connectivity index (χ0) is 14.5. The molecule has 5 heteroatoms. The zero-order valence-corrected chi connectivity index (χ0v) is 11.4. The summed E-state index contributed by atoms with van der Waals surface area (Å²) < 4.78 is 5.30. The molecule has 0 saturated heterocycles. The summed E-state index contributed by atoms with van der Waals surface area (Å²) in [6.07, 6.45) is 0. The van der Waals surface area contributed by atoms with Gasteiger partial charge in [-0.05, 0) is 24.3 Å². The van der Waals surface area contributed by atoms with Gasteiger partial charge in [0.15, 0.2) is 0 Å². The Labute approximate surface area is 122 Å². The number of hydrogen-bond donors (Lipinski definition) is 2. The Balaban J connectivity index is 1.80. The molecule has 106 valence electrons. The maximum Gasteiger partial charge on any atom is 0.258 e. The van der Waals surface area contributed by atoms with Gasteiger partial charge in [-0.2, -0.15) is 4.98 Å². The second-order valence-electron chi connectivity index (χ2n) is 4.52. The molecule has 0 saturated carbocycles. The predicted octanol–water partition coefficient (Wildman–Crippen LogP) is 2.81. The Morgan fingerprint density at radius 3 is 2.43 bits per heavy atom. The van der Waals surface area contributed by atoms with E-state index < -0.39 is 0 Å². The normalized spacial score (nSPS) is 10.5. The second-order valence-corrected chi connectivity index (χ2v) is 4.52. The van der Waals surface area contributed by atoms with Crippen LogP contribution in [0.15, 0.2) is 59.1 Å². The third-order valence-corrected chi connectivity index (χ3v) is 3.03. The summed E-state index contributed by atoms with van der Waals surface area (Å²) in [7, 11) is 0. The van der Waals surface area contributed by atoms with Gasteiger partial charge >= 0.3 is 0 Å². The smallest absolute Gasteiger partial charge is 0.258 e. The van der Waals surface area contributed by atoms with Crippen molar-refractivity contribution in [2.24, 2.45) is 0 Å². The van der Waals surface area contributed by atoms with Crippen LogP contribution in [0.4, 0.5) is 5.69 Å². The maximum atomic E-state index is 8.78. The number of aliphatic hydroxyl groups excluding tert-OH is 1. The fourth-order valence-electron chi connectivity index (χ4n) is 1.98. The van der Waals surface area contributed by atoms with Crippen molar-refractivity contribution in [1.82, 2.24) is 10.1 Å². The highest BCUT2D eigenvalue weighted by molar-refractivity contribution is 5.61. The first-order valence-corrected chi connectivity index (χ1v) is 6.71. The molecule has 0 spiro atoms. The Morgan fingerprint density at radius 1 is 0.952 bits per heavy atom. The first-order chi connectivity index (χ1) is 10.4. The van der Waals surface area contributed by atoms with E-state index in [0.717, 1.165) is 16.8 Å². The van der Waals surface area contributed by atoms with Crippen LogP contribution in [-0.2, 0) is 0 Å². The highest BCUT2D eigenvalue weighted by Gasteiger charge is 2.10. The molecule has 2 aromatic carbocycles. The Kier molecular flexibility index (Phi) is 3.93. The Hall–Kier alpha value is -2.66. The minimum absolute atomic E-state index is 0.103. The van der Waals surface area contributed by atoms with Crippen LogP contribution in [0.25, 0.3) is 22.8 Å². The highest BCUT2D eigenvalue weighted by atomic mass is 16.5. The van der Waals surface area contributed by atoms with Crippen molar-refractivity contribution < 1.29 is 9.63 Å². The van der Waals surface area contributed by atoms with Gasteiger partial charge < -0.3 is 14.9 Å². The molecule has 3 aromatic rings. The fourth-order valence-corrected chi connectivity index (χ4v) is 1.98. The minimum atomic E-state index is 0.103. The molecule has 0 radical (unpaired) electrons. The highest BCUT2D eigenvalue weighted by Crippen LogP contribution is 2.23. The van der Waals surface area contributed by atoms with Gasteiger partial charge in [-0.1, -0.05) is 35.5 Å². The summed E-state index contributed by atoms with van der Waals surface area (Å²) in [5.41, 5.74) is 2.73. The van der Waals surface area contributed by atoms with Gasteiger partial charge in [0.25, 0.3) is 5.89 Å². The van der Waals surface area contributed by atoms with Gasteiger partial charge in [-0.15, -0.1) is 0 Å². The average molecular weight is 281 g/mol. The number of hydrogen-bond acceptors (Lipinski definition) is 5. The van der Waals surface area contributed by atoms with Crippen molar-refractivity contribution in [3.63, 3.8) is 0 Å². The molecule has 3 rings (SSSR count). The standard InChI is InChI=1S/C16H15N3O2/c20-11-10-17-14-8-6-13(7-9-14)16-18-15(19-21-16)12-4-2-1-3-5-12/h1-9,17,20H,10-11H2. The molecule has 0 aliphatic heterocycles. The second kappa shape index (κ2) is 6.19. The average Bonchev–Trinajstić information content (AvgIpc) is 3.04. The summed E-state index contributed by atoms with van der Waals surface area (Å²) in [5, 5.41) is 15.9. The molecule has 1 heterocycles. The molecule has 21 heavy (non-hydrogen) atoms. The number of aliphatic hydroxyl groups is 1. The number of aromatic nitrogens is 2. The minimum Gasteiger partial charge on any atom is -0.395 e. The molecule has 0 aliphatic rings. The number of nitrogens with zero attached hydrogens (tertiary/aromatic N) is 2. The van der Waals surface area contributed by atoms with Crippen molar-refractivity contribution >= 4 is 5.69 Å². The van der Waals surface area contributed by atoms with Crippen molar-refractivity contribution in [2.75, 3.05) is 18.5 Å². The quantitative estimate of drug-likeness (QED) is 0.752. The SMILES string of the molecule is OCCNc1ccc(-c2nc(-c3ccccc3)no2)cc1. The molecule has 5 nitrogen and oxygen atoms in total. The van der Waals surface area contributed by atoms with E-state index in [-0.39, 0.29) is 6.61 Å². The summed E-state index contributed by atoms with van der Waals surface area (Å²) in [6.45, 7) is 0.629. The van der Waals surface area contributed by atoms with E-state index in [0.29, 0.717) is 18.3 Å². The molecule has 1 aromatic heterocycles. The van der Waals surface area contributed by atoms with Gasteiger partial charge in [0.2, 0.25) is 5.82 Å². The monoisotopic (exact) mass is 281 g/mol. The molecule has 0 aliphatic carbocycles. The van der Waals surface area contributed by atoms with Crippen LogP contribution >= 0.6 is 0 Å². The van der Waals surface area contributed by atoms with E-state index in [1.165, 1.54) is 0 Å². The van der Waals surface area contributed by atoms with Crippen molar-refractivity contribution in [2.45, 2.75) is 0 Å². The summed E-state index contributed by atoms with van der Waals surface area (Å²) >= 11 is 0. The lowest BCUT2D eigenvalue weighted by Gasteiger charge is -2.03. The largest absolute Gasteiger partial charge is 0.395 e. The zero-order valence-electron chi connectivity index (χ0n) is 11.4. The van der Waals surface area contributed by atoms with E-state index in [1.807, 2.05) is 54.6 Å². The van der Waals surface area contributed by atoms with Crippen molar-refractivity contribution in [3.8, 4) is 22.8 Å². The van der Waals surface area contributed by atoms with Crippen LogP contribution in [-0.4, -0.2) is 28.4 Å². The first kappa shape index (κ1) is 13.3. The summed E-state index contributed by atoms with van der Waals surface area (Å²) in [4.78, 5) is 4.40.